The summed E-state index contributed by atoms with van der Waals surface area (Å²) >= 11 is 0. The average Bonchev–Trinajstić information content (AvgIpc) is 3.21. The van der Waals surface area contributed by atoms with E-state index in [1.165, 1.54) is 18.4 Å². The molecule has 1 aliphatic rings. The molecule has 2 rings (SSSR count). The smallest absolute Gasteiger partial charge is 0.119 e. The molecule has 0 saturated heterocycles. The van der Waals surface area contributed by atoms with Gasteiger partial charge in [0, 0.05) is 25.2 Å². The van der Waals surface area contributed by atoms with Crippen LogP contribution in [-0.4, -0.2) is 37.2 Å². The van der Waals surface area contributed by atoms with Crippen molar-refractivity contribution >= 4 is 0 Å². The Bertz CT molecular complexity index is 388. The molecule has 0 spiro atoms. The molecule has 3 heteroatoms. The Balaban J connectivity index is 1.74. The number of ether oxygens (including phenoxy) is 1. The first-order valence-electron chi connectivity index (χ1n) is 7.30. The lowest BCUT2D eigenvalue weighted by Crippen LogP contribution is -2.26. The standard InChI is InChI=1S/C16H26N2O/c1-13(2)17-12-14-5-4-6-16(11-14)19-10-9-18(3)15-7-8-15/h4-6,11,13,15,17H,7-10,12H2,1-3H3. The van der Waals surface area contributed by atoms with E-state index in [1.54, 1.807) is 0 Å². The van der Waals surface area contributed by atoms with Crippen molar-refractivity contribution in [1.29, 1.82) is 0 Å². The largest absolute Gasteiger partial charge is 0.492 e. The molecule has 1 aliphatic carbocycles. The molecule has 0 radical (unpaired) electrons. The zero-order valence-electron chi connectivity index (χ0n) is 12.4. The second-order valence-electron chi connectivity index (χ2n) is 5.74. The maximum Gasteiger partial charge on any atom is 0.119 e. The number of likely N-dealkylation sites (N-methyl/N-ethyl adjacent to an activating group) is 1. The van der Waals surface area contributed by atoms with Crippen molar-refractivity contribution in [3.05, 3.63) is 29.8 Å². The van der Waals surface area contributed by atoms with Gasteiger partial charge in [0.25, 0.3) is 0 Å². The summed E-state index contributed by atoms with van der Waals surface area (Å²) in [6.45, 7) is 7.01. The van der Waals surface area contributed by atoms with Crippen molar-refractivity contribution in [3.8, 4) is 5.75 Å². The van der Waals surface area contributed by atoms with E-state index in [2.05, 4.69) is 49.3 Å². The monoisotopic (exact) mass is 262 g/mol. The van der Waals surface area contributed by atoms with Crippen molar-refractivity contribution in [2.45, 2.75) is 45.3 Å². The van der Waals surface area contributed by atoms with E-state index < -0.39 is 0 Å². The number of nitrogens with one attached hydrogen (secondary N) is 1. The van der Waals surface area contributed by atoms with Crippen LogP contribution in [-0.2, 0) is 6.54 Å². The Hall–Kier alpha value is -1.06. The van der Waals surface area contributed by atoms with E-state index in [0.717, 1.165) is 31.5 Å². The molecule has 0 heterocycles. The summed E-state index contributed by atoms with van der Waals surface area (Å²) in [5, 5.41) is 3.42. The fourth-order valence-electron chi connectivity index (χ4n) is 2.07. The molecule has 1 aromatic carbocycles. The number of nitrogens with zero attached hydrogens (tertiary/aromatic N) is 1. The van der Waals surface area contributed by atoms with E-state index in [-0.39, 0.29) is 0 Å². The Kier molecular flexibility index (Phi) is 5.23. The van der Waals surface area contributed by atoms with Gasteiger partial charge in [-0.05, 0) is 37.6 Å². The third kappa shape index (κ3) is 5.21. The van der Waals surface area contributed by atoms with Crippen LogP contribution < -0.4 is 10.1 Å². The summed E-state index contributed by atoms with van der Waals surface area (Å²) in [6.07, 6.45) is 2.71. The summed E-state index contributed by atoms with van der Waals surface area (Å²) in [5.74, 6) is 0.979. The maximum absolute atomic E-state index is 5.83. The van der Waals surface area contributed by atoms with Gasteiger partial charge >= 0.3 is 0 Å². The number of benzene rings is 1. The van der Waals surface area contributed by atoms with Crippen LogP contribution in [0.25, 0.3) is 0 Å². The van der Waals surface area contributed by atoms with Crippen molar-refractivity contribution in [1.82, 2.24) is 10.2 Å². The maximum atomic E-state index is 5.83. The topological polar surface area (TPSA) is 24.5 Å². The molecule has 0 aromatic heterocycles. The molecule has 0 unspecified atom stereocenters. The van der Waals surface area contributed by atoms with Gasteiger partial charge in [-0.3, -0.25) is 0 Å². The highest BCUT2D eigenvalue weighted by Crippen LogP contribution is 2.24. The Morgan fingerprint density at radius 1 is 1.37 bits per heavy atom. The summed E-state index contributed by atoms with van der Waals surface area (Å²) in [6, 6.07) is 9.69. The highest BCUT2D eigenvalue weighted by atomic mass is 16.5. The number of hydrogen-bond acceptors (Lipinski definition) is 3. The van der Waals surface area contributed by atoms with Gasteiger partial charge in [0.05, 0.1) is 0 Å². The van der Waals surface area contributed by atoms with Crippen molar-refractivity contribution in [2.75, 3.05) is 20.2 Å². The van der Waals surface area contributed by atoms with Crippen LogP contribution in [0.3, 0.4) is 0 Å². The second-order valence-corrected chi connectivity index (χ2v) is 5.74. The van der Waals surface area contributed by atoms with Gasteiger partial charge in [-0.2, -0.15) is 0 Å². The molecular formula is C16H26N2O. The van der Waals surface area contributed by atoms with Crippen molar-refractivity contribution in [3.63, 3.8) is 0 Å². The Morgan fingerprint density at radius 3 is 2.84 bits per heavy atom. The van der Waals surface area contributed by atoms with E-state index in [9.17, 15) is 0 Å². The lowest BCUT2D eigenvalue weighted by molar-refractivity contribution is 0.232. The highest BCUT2D eigenvalue weighted by Gasteiger charge is 2.25. The SMILES string of the molecule is CC(C)NCc1cccc(OCCN(C)C2CC2)c1. The van der Waals surface area contributed by atoms with Gasteiger partial charge in [0.1, 0.15) is 12.4 Å². The van der Waals surface area contributed by atoms with Gasteiger partial charge in [0.15, 0.2) is 0 Å². The third-order valence-electron chi connectivity index (χ3n) is 3.50. The summed E-state index contributed by atoms with van der Waals surface area (Å²) in [4.78, 5) is 2.39. The first kappa shape index (κ1) is 14.4. The predicted molar refractivity (Wildman–Crippen MR) is 79.6 cm³/mol. The summed E-state index contributed by atoms with van der Waals surface area (Å²) in [5.41, 5.74) is 1.28. The van der Waals surface area contributed by atoms with Gasteiger partial charge in [-0.15, -0.1) is 0 Å². The van der Waals surface area contributed by atoms with Crippen LogP contribution >= 0.6 is 0 Å². The highest BCUT2D eigenvalue weighted by molar-refractivity contribution is 5.28. The van der Waals surface area contributed by atoms with E-state index in [1.807, 2.05) is 6.07 Å². The lowest BCUT2D eigenvalue weighted by Gasteiger charge is -2.16. The van der Waals surface area contributed by atoms with Crippen LogP contribution in [0.4, 0.5) is 0 Å². The molecule has 0 aliphatic heterocycles. The molecule has 1 N–H and O–H groups in total. The molecule has 0 amide bonds. The normalized spacial score (nSPS) is 15.2. The van der Waals surface area contributed by atoms with Crippen LogP contribution in [0, 0.1) is 0 Å². The zero-order valence-corrected chi connectivity index (χ0v) is 12.4. The van der Waals surface area contributed by atoms with Crippen molar-refractivity contribution < 1.29 is 4.74 Å². The van der Waals surface area contributed by atoms with Crippen molar-refractivity contribution in [2.24, 2.45) is 0 Å². The molecule has 3 nitrogen and oxygen atoms in total. The predicted octanol–water partition coefficient (Wildman–Crippen LogP) is 2.66. The fraction of sp³-hybridized carbons (Fsp3) is 0.625. The number of hydrogen-bond donors (Lipinski definition) is 1. The van der Waals surface area contributed by atoms with Crippen LogP contribution in [0.15, 0.2) is 24.3 Å². The Morgan fingerprint density at radius 2 is 2.16 bits per heavy atom. The minimum atomic E-state index is 0.511. The third-order valence-corrected chi connectivity index (χ3v) is 3.50. The molecule has 0 bridgehead atoms. The van der Waals surface area contributed by atoms with Crippen LogP contribution in [0.5, 0.6) is 5.75 Å². The quantitative estimate of drug-likeness (QED) is 0.779. The molecule has 1 fully saturated rings. The molecule has 19 heavy (non-hydrogen) atoms. The second kappa shape index (κ2) is 6.92. The van der Waals surface area contributed by atoms with Gasteiger partial charge in [-0.1, -0.05) is 26.0 Å². The summed E-state index contributed by atoms with van der Waals surface area (Å²) in [7, 11) is 2.18. The minimum absolute atomic E-state index is 0.511. The van der Waals surface area contributed by atoms with Gasteiger partial charge in [0.2, 0.25) is 0 Å². The first-order chi connectivity index (χ1) is 9.15. The molecule has 0 atom stereocenters. The lowest BCUT2D eigenvalue weighted by atomic mass is 10.2. The molecule has 1 aromatic rings. The van der Waals surface area contributed by atoms with Gasteiger partial charge in [-0.25, -0.2) is 0 Å². The van der Waals surface area contributed by atoms with E-state index in [4.69, 9.17) is 4.74 Å². The average molecular weight is 262 g/mol. The molecule has 106 valence electrons. The minimum Gasteiger partial charge on any atom is -0.492 e. The molecular weight excluding hydrogens is 236 g/mol. The van der Waals surface area contributed by atoms with Gasteiger partial charge < -0.3 is 15.0 Å². The summed E-state index contributed by atoms with van der Waals surface area (Å²) < 4.78 is 5.83. The van der Waals surface area contributed by atoms with E-state index in [0.29, 0.717) is 6.04 Å². The zero-order chi connectivity index (χ0) is 13.7. The molecule has 1 saturated carbocycles. The van der Waals surface area contributed by atoms with Crippen LogP contribution in [0.1, 0.15) is 32.3 Å². The fourth-order valence-corrected chi connectivity index (χ4v) is 2.07. The van der Waals surface area contributed by atoms with E-state index >= 15 is 0 Å². The van der Waals surface area contributed by atoms with Crippen LogP contribution in [0.2, 0.25) is 0 Å². The Labute approximate surface area is 116 Å². The first-order valence-corrected chi connectivity index (χ1v) is 7.30. The number of rotatable bonds is 8.